The molecule has 14 heavy (non-hydrogen) atoms. The van der Waals surface area contributed by atoms with E-state index in [2.05, 4.69) is 0 Å². The molecule has 0 heterocycles. The summed E-state index contributed by atoms with van der Waals surface area (Å²) in [6.45, 7) is 1.55. The van der Waals surface area contributed by atoms with Crippen LogP contribution >= 0.6 is 0 Å². The Labute approximate surface area is 80.9 Å². The van der Waals surface area contributed by atoms with Gasteiger partial charge in [-0.25, -0.2) is 0 Å². The Balaban J connectivity index is 3.07. The molecule has 1 rings (SSSR count). The fourth-order valence-corrected chi connectivity index (χ4v) is 0.994. The second-order valence-electron chi connectivity index (χ2n) is 3.12. The van der Waals surface area contributed by atoms with Crippen molar-refractivity contribution in [2.45, 2.75) is 12.5 Å². The summed E-state index contributed by atoms with van der Waals surface area (Å²) in [4.78, 5) is 9.84. The van der Waals surface area contributed by atoms with E-state index in [9.17, 15) is 10.1 Å². The summed E-state index contributed by atoms with van der Waals surface area (Å²) in [5.41, 5.74) is 5.08. The predicted molar refractivity (Wildman–Crippen MR) is 50.2 cm³/mol. The molecule has 72 valence electrons. The maximum absolute atomic E-state index is 10.3. The highest BCUT2D eigenvalue weighted by Crippen LogP contribution is 2.19. The third kappa shape index (κ3) is 1.87. The average Bonchev–Trinajstić information content (AvgIpc) is 2.18. The van der Waals surface area contributed by atoms with Crippen molar-refractivity contribution in [2.75, 3.05) is 0 Å². The number of hydrogen-bond acceptors (Lipinski definition) is 4. The molecule has 0 radical (unpaired) electrons. The first-order valence-corrected chi connectivity index (χ1v) is 3.92. The van der Waals surface area contributed by atoms with Gasteiger partial charge in [0.1, 0.15) is 5.54 Å². The zero-order valence-corrected chi connectivity index (χ0v) is 7.60. The highest BCUT2D eigenvalue weighted by Gasteiger charge is 2.20. The van der Waals surface area contributed by atoms with Gasteiger partial charge in [-0.1, -0.05) is 0 Å². The van der Waals surface area contributed by atoms with Crippen LogP contribution in [0.25, 0.3) is 0 Å². The van der Waals surface area contributed by atoms with E-state index in [1.54, 1.807) is 6.92 Å². The van der Waals surface area contributed by atoms with Gasteiger partial charge in [0, 0.05) is 12.1 Å². The molecule has 1 aromatic carbocycles. The van der Waals surface area contributed by atoms with Crippen LogP contribution in [-0.2, 0) is 5.54 Å². The largest absolute Gasteiger partial charge is 0.310 e. The van der Waals surface area contributed by atoms with Gasteiger partial charge >= 0.3 is 0 Å². The Morgan fingerprint density at radius 2 is 2.00 bits per heavy atom. The summed E-state index contributed by atoms with van der Waals surface area (Å²) in [6, 6.07) is 7.55. The molecule has 0 aliphatic heterocycles. The molecule has 0 fully saturated rings. The second-order valence-corrected chi connectivity index (χ2v) is 3.12. The van der Waals surface area contributed by atoms with E-state index in [0.717, 1.165) is 0 Å². The number of hydrogen-bond donors (Lipinski definition) is 1. The van der Waals surface area contributed by atoms with E-state index in [1.165, 1.54) is 24.3 Å². The number of rotatable bonds is 2. The minimum Gasteiger partial charge on any atom is -0.310 e. The van der Waals surface area contributed by atoms with Gasteiger partial charge in [0.2, 0.25) is 0 Å². The number of nitro groups is 1. The van der Waals surface area contributed by atoms with Crippen molar-refractivity contribution in [3.8, 4) is 6.07 Å². The molecule has 5 nitrogen and oxygen atoms in total. The molecule has 0 saturated carbocycles. The summed E-state index contributed by atoms with van der Waals surface area (Å²) in [6.07, 6.45) is 0. The molecule has 0 saturated heterocycles. The summed E-state index contributed by atoms with van der Waals surface area (Å²) in [5.74, 6) is 0. The minimum absolute atomic E-state index is 0.0116. The molecule has 0 aliphatic rings. The molecule has 5 heteroatoms. The van der Waals surface area contributed by atoms with Crippen LogP contribution in [0.15, 0.2) is 24.3 Å². The molecular weight excluding hydrogens is 182 g/mol. The first-order chi connectivity index (χ1) is 6.47. The third-order valence-electron chi connectivity index (χ3n) is 1.91. The van der Waals surface area contributed by atoms with E-state index in [4.69, 9.17) is 11.0 Å². The van der Waals surface area contributed by atoms with Crippen LogP contribution in [0.1, 0.15) is 12.5 Å². The Morgan fingerprint density at radius 1 is 1.50 bits per heavy atom. The quantitative estimate of drug-likeness (QED) is 0.563. The number of non-ortho nitro benzene ring substituents is 1. The number of benzene rings is 1. The lowest BCUT2D eigenvalue weighted by molar-refractivity contribution is -0.384. The Bertz CT molecular complexity index is 390. The Hall–Kier alpha value is -1.93. The Morgan fingerprint density at radius 3 is 2.36 bits per heavy atom. The van der Waals surface area contributed by atoms with Crippen LogP contribution in [0.5, 0.6) is 0 Å². The molecule has 0 unspecified atom stereocenters. The van der Waals surface area contributed by atoms with Crippen LogP contribution < -0.4 is 5.73 Å². The molecule has 1 aromatic rings. The topological polar surface area (TPSA) is 93.0 Å². The van der Waals surface area contributed by atoms with Gasteiger partial charge in [-0.15, -0.1) is 0 Å². The maximum atomic E-state index is 10.3. The zero-order chi connectivity index (χ0) is 10.8. The van der Waals surface area contributed by atoms with Crippen molar-refractivity contribution >= 4 is 5.69 Å². The van der Waals surface area contributed by atoms with Gasteiger partial charge < -0.3 is 5.73 Å². The van der Waals surface area contributed by atoms with Gasteiger partial charge in [-0.2, -0.15) is 5.26 Å². The van der Waals surface area contributed by atoms with Crippen LogP contribution in [0, 0.1) is 21.4 Å². The van der Waals surface area contributed by atoms with Crippen LogP contribution in [0.4, 0.5) is 5.69 Å². The lowest BCUT2D eigenvalue weighted by Crippen LogP contribution is -2.30. The first kappa shape index (κ1) is 10.2. The predicted octanol–water partition coefficient (Wildman–Crippen LogP) is 1.29. The van der Waals surface area contributed by atoms with E-state index in [0.29, 0.717) is 5.56 Å². The molecular formula is C9H9N3O2. The zero-order valence-electron chi connectivity index (χ0n) is 7.60. The third-order valence-corrected chi connectivity index (χ3v) is 1.91. The van der Waals surface area contributed by atoms with Crippen molar-refractivity contribution in [3.05, 3.63) is 39.9 Å². The molecule has 0 bridgehead atoms. The van der Waals surface area contributed by atoms with Gasteiger partial charge in [-0.3, -0.25) is 10.1 Å². The molecule has 0 aliphatic carbocycles. The number of nitriles is 1. The molecule has 0 spiro atoms. The highest BCUT2D eigenvalue weighted by atomic mass is 16.6. The average molecular weight is 191 g/mol. The van der Waals surface area contributed by atoms with Crippen molar-refractivity contribution in [3.63, 3.8) is 0 Å². The van der Waals surface area contributed by atoms with Gasteiger partial charge in [0.25, 0.3) is 5.69 Å². The highest BCUT2D eigenvalue weighted by molar-refractivity contribution is 5.38. The fraction of sp³-hybridized carbons (Fsp3) is 0.222. The standard InChI is InChI=1S/C9H9N3O2/c1-9(11,6-10)7-2-4-8(5-3-7)12(13)14/h2-5H,11H2,1H3/t9-/m1/s1. The summed E-state index contributed by atoms with van der Waals surface area (Å²) in [7, 11) is 0. The lowest BCUT2D eigenvalue weighted by Gasteiger charge is -2.14. The van der Waals surface area contributed by atoms with E-state index in [1.807, 2.05) is 6.07 Å². The van der Waals surface area contributed by atoms with Crippen molar-refractivity contribution in [1.29, 1.82) is 5.26 Å². The van der Waals surface area contributed by atoms with Crippen molar-refractivity contribution in [1.82, 2.24) is 0 Å². The smallest absolute Gasteiger partial charge is 0.269 e. The monoisotopic (exact) mass is 191 g/mol. The first-order valence-electron chi connectivity index (χ1n) is 3.92. The van der Waals surface area contributed by atoms with Crippen LogP contribution in [0.2, 0.25) is 0 Å². The number of nitro benzene ring substituents is 1. The van der Waals surface area contributed by atoms with E-state index >= 15 is 0 Å². The molecule has 0 amide bonds. The van der Waals surface area contributed by atoms with Gasteiger partial charge in [-0.05, 0) is 24.6 Å². The Kier molecular flexibility index (Phi) is 2.49. The van der Waals surface area contributed by atoms with E-state index in [-0.39, 0.29) is 5.69 Å². The molecule has 1 atom stereocenters. The number of nitrogens with two attached hydrogens (primary N) is 1. The minimum atomic E-state index is -1.10. The van der Waals surface area contributed by atoms with Crippen LogP contribution in [0.3, 0.4) is 0 Å². The molecule has 2 N–H and O–H groups in total. The molecule has 0 aromatic heterocycles. The van der Waals surface area contributed by atoms with Crippen molar-refractivity contribution < 1.29 is 4.92 Å². The fourth-order valence-electron chi connectivity index (χ4n) is 0.994. The van der Waals surface area contributed by atoms with Crippen molar-refractivity contribution in [2.24, 2.45) is 5.73 Å². The van der Waals surface area contributed by atoms with Gasteiger partial charge in [0.05, 0.1) is 11.0 Å². The summed E-state index contributed by atoms with van der Waals surface area (Å²) >= 11 is 0. The van der Waals surface area contributed by atoms with Gasteiger partial charge in [0.15, 0.2) is 0 Å². The second kappa shape index (κ2) is 3.44. The summed E-state index contributed by atoms with van der Waals surface area (Å²) in [5, 5.41) is 19.1. The van der Waals surface area contributed by atoms with Crippen LogP contribution in [-0.4, -0.2) is 4.92 Å². The summed E-state index contributed by atoms with van der Waals surface area (Å²) < 4.78 is 0. The number of nitrogens with zero attached hydrogens (tertiary/aromatic N) is 2. The normalized spacial score (nSPS) is 14.1. The lowest BCUT2D eigenvalue weighted by atomic mass is 9.95. The SMILES string of the molecule is C[C@@](N)(C#N)c1ccc([N+](=O)[O-])cc1. The maximum Gasteiger partial charge on any atom is 0.269 e. The van der Waals surface area contributed by atoms with E-state index < -0.39 is 10.5 Å².